The van der Waals surface area contributed by atoms with Crippen LogP contribution in [0.4, 0.5) is 5.69 Å². The molecule has 1 aliphatic rings. The fraction of sp³-hybridized carbons (Fsp3) is 0.167. The molecule has 0 fully saturated rings. The van der Waals surface area contributed by atoms with E-state index in [0.717, 1.165) is 21.9 Å². The number of amides is 1. The van der Waals surface area contributed by atoms with Gasteiger partial charge in [-0.25, -0.2) is 4.68 Å². The van der Waals surface area contributed by atoms with Gasteiger partial charge in [0.1, 0.15) is 6.33 Å². The van der Waals surface area contributed by atoms with Crippen molar-refractivity contribution in [2.45, 2.75) is 16.1 Å². The van der Waals surface area contributed by atoms with Crippen LogP contribution in [0.2, 0.25) is 0 Å². The largest absolute Gasteiger partial charge is 0.336 e. The monoisotopic (exact) mass is 383 g/mol. The minimum absolute atomic E-state index is 0.0000496. The molecule has 0 radical (unpaired) electrons. The van der Waals surface area contributed by atoms with Crippen molar-refractivity contribution < 1.29 is 4.79 Å². The quantitative estimate of drug-likeness (QED) is 0.551. The number of nitrogens with zero attached hydrogens (tertiary/aromatic N) is 4. The molecule has 2 aromatic carbocycles. The summed E-state index contributed by atoms with van der Waals surface area (Å²) in [4.78, 5) is 16.2. The first-order valence-electron chi connectivity index (χ1n) is 8.11. The van der Waals surface area contributed by atoms with Gasteiger partial charge in [-0.2, -0.15) is 0 Å². The minimum Gasteiger partial charge on any atom is -0.336 e. The van der Waals surface area contributed by atoms with Gasteiger partial charge in [0.05, 0.1) is 17.5 Å². The van der Waals surface area contributed by atoms with E-state index in [1.807, 2.05) is 41.3 Å². The van der Waals surface area contributed by atoms with E-state index in [1.54, 1.807) is 11.8 Å². The van der Waals surface area contributed by atoms with Gasteiger partial charge in [-0.15, -0.1) is 22.0 Å². The Labute approximate surface area is 159 Å². The number of carbonyl (C=O) groups excluding carboxylic acids is 1. The smallest absolute Gasteiger partial charge is 0.238 e. The van der Waals surface area contributed by atoms with Gasteiger partial charge in [0.15, 0.2) is 0 Å². The lowest BCUT2D eigenvalue weighted by atomic mass is 10.1. The second-order valence-corrected chi connectivity index (χ2v) is 7.78. The summed E-state index contributed by atoms with van der Waals surface area (Å²) in [7, 11) is 0. The maximum atomic E-state index is 13.1. The number of anilines is 1. The summed E-state index contributed by atoms with van der Waals surface area (Å²) in [5.74, 6) is 6.84. The molecule has 0 aliphatic carbocycles. The van der Waals surface area contributed by atoms with Crippen LogP contribution in [0.5, 0.6) is 0 Å². The fourth-order valence-corrected chi connectivity index (χ4v) is 4.81. The van der Waals surface area contributed by atoms with Crippen molar-refractivity contribution >= 4 is 35.1 Å². The van der Waals surface area contributed by atoms with Gasteiger partial charge in [0.2, 0.25) is 11.1 Å². The molecule has 0 saturated heterocycles. The summed E-state index contributed by atoms with van der Waals surface area (Å²) in [5.41, 5.74) is 2.09. The van der Waals surface area contributed by atoms with Gasteiger partial charge in [-0.1, -0.05) is 54.2 Å². The summed E-state index contributed by atoms with van der Waals surface area (Å²) in [6.07, 6.45) is 1.42. The van der Waals surface area contributed by atoms with Gasteiger partial charge >= 0.3 is 0 Å². The van der Waals surface area contributed by atoms with Gasteiger partial charge in [-0.05, 0) is 17.7 Å². The molecule has 3 aromatic rings. The van der Waals surface area contributed by atoms with Crippen LogP contribution in [-0.4, -0.2) is 32.3 Å². The Morgan fingerprint density at radius 3 is 2.73 bits per heavy atom. The Morgan fingerprint density at radius 2 is 1.96 bits per heavy atom. The average Bonchev–Trinajstić information content (AvgIpc) is 3.10. The first kappa shape index (κ1) is 17.0. The van der Waals surface area contributed by atoms with Crippen molar-refractivity contribution in [3.05, 3.63) is 66.5 Å². The number of benzene rings is 2. The van der Waals surface area contributed by atoms with Gasteiger partial charge in [0, 0.05) is 10.6 Å². The lowest BCUT2D eigenvalue weighted by Crippen LogP contribution is -2.39. The maximum Gasteiger partial charge on any atom is 0.238 e. The molecule has 6 nitrogen and oxygen atoms in total. The van der Waals surface area contributed by atoms with Crippen LogP contribution >= 0.6 is 23.5 Å². The predicted molar refractivity (Wildman–Crippen MR) is 105 cm³/mol. The van der Waals surface area contributed by atoms with E-state index in [4.69, 9.17) is 5.84 Å². The lowest BCUT2D eigenvalue weighted by molar-refractivity contribution is -0.116. The molecule has 0 spiro atoms. The topological polar surface area (TPSA) is 77.0 Å². The second kappa shape index (κ2) is 7.43. The number of hydrogen-bond donors (Lipinski definition) is 1. The van der Waals surface area contributed by atoms with Crippen LogP contribution in [0, 0.1) is 0 Å². The summed E-state index contributed by atoms with van der Waals surface area (Å²) >= 11 is 3.08. The van der Waals surface area contributed by atoms with Crippen LogP contribution in [0.3, 0.4) is 0 Å². The molecule has 0 saturated carbocycles. The van der Waals surface area contributed by atoms with Crippen molar-refractivity contribution in [2.75, 3.05) is 22.2 Å². The standard InChI is InChI=1S/C18H17N5OS2/c19-22-12-20-21-18(22)26-11-17(24)23-14-8-4-5-9-16(14)25-10-15(23)13-6-2-1-3-7-13/h1-9,12,15H,10-11,19H2/t15-/m1/s1. The van der Waals surface area contributed by atoms with Gasteiger partial charge in [0.25, 0.3) is 0 Å². The Kier molecular flexibility index (Phi) is 4.85. The SMILES string of the molecule is Nn1cnnc1SCC(=O)N1c2ccccc2SC[C@@H]1c1ccccc1. The van der Waals surface area contributed by atoms with Crippen molar-refractivity contribution in [1.29, 1.82) is 0 Å². The van der Waals surface area contributed by atoms with Crippen LogP contribution in [0.15, 0.2) is 71.0 Å². The summed E-state index contributed by atoms with van der Waals surface area (Å²) < 4.78 is 1.33. The first-order valence-corrected chi connectivity index (χ1v) is 10.1. The third kappa shape index (κ3) is 3.30. The zero-order chi connectivity index (χ0) is 17.9. The molecule has 4 rings (SSSR count). The highest BCUT2D eigenvalue weighted by Gasteiger charge is 2.32. The summed E-state index contributed by atoms with van der Waals surface area (Å²) in [5, 5.41) is 8.20. The molecule has 2 N–H and O–H groups in total. The molecule has 2 heterocycles. The Morgan fingerprint density at radius 1 is 1.19 bits per heavy atom. The number of hydrogen-bond acceptors (Lipinski definition) is 6. The number of thioether (sulfide) groups is 2. The molecule has 0 bridgehead atoms. The molecule has 1 aliphatic heterocycles. The lowest BCUT2D eigenvalue weighted by Gasteiger charge is -2.37. The van der Waals surface area contributed by atoms with E-state index in [-0.39, 0.29) is 17.7 Å². The fourth-order valence-electron chi connectivity index (χ4n) is 2.95. The third-order valence-electron chi connectivity index (χ3n) is 4.15. The third-order valence-corrected chi connectivity index (χ3v) is 6.23. The Bertz CT molecular complexity index is 915. The molecule has 1 atom stereocenters. The highest BCUT2D eigenvalue weighted by atomic mass is 32.2. The molecular weight excluding hydrogens is 366 g/mol. The molecule has 1 aromatic heterocycles. The van der Waals surface area contributed by atoms with Crippen molar-refractivity contribution in [1.82, 2.24) is 14.9 Å². The first-order chi connectivity index (χ1) is 12.7. The highest BCUT2D eigenvalue weighted by molar-refractivity contribution is 8.00. The number of nitrogens with two attached hydrogens (primary N) is 1. The van der Waals surface area contributed by atoms with Crippen molar-refractivity contribution in [3.63, 3.8) is 0 Å². The molecule has 132 valence electrons. The number of aromatic nitrogens is 3. The second-order valence-electron chi connectivity index (χ2n) is 5.78. The van der Waals surface area contributed by atoms with E-state index in [2.05, 4.69) is 28.4 Å². The van der Waals surface area contributed by atoms with E-state index in [9.17, 15) is 4.79 Å². The Hall–Kier alpha value is -2.45. The van der Waals surface area contributed by atoms with Crippen LogP contribution in [-0.2, 0) is 4.79 Å². The number of nitrogen functional groups attached to an aromatic ring is 1. The van der Waals surface area contributed by atoms with Crippen LogP contribution in [0.25, 0.3) is 0 Å². The minimum atomic E-state index is -0.0000496. The van der Waals surface area contributed by atoms with Gasteiger partial charge in [-0.3, -0.25) is 4.79 Å². The molecular formula is C18H17N5OS2. The number of rotatable bonds is 4. The van der Waals surface area contributed by atoms with Gasteiger partial charge < -0.3 is 10.7 Å². The molecule has 1 amide bonds. The molecule has 8 heteroatoms. The normalized spacial score (nSPS) is 16.3. The summed E-state index contributed by atoms with van der Waals surface area (Å²) in [6, 6.07) is 18.2. The summed E-state index contributed by atoms with van der Waals surface area (Å²) in [6.45, 7) is 0. The van der Waals surface area contributed by atoms with E-state index in [1.165, 1.54) is 22.8 Å². The average molecular weight is 384 g/mol. The van der Waals surface area contributed by atoms with Crippen molar-refractivity contribution in [2.24, 2.45) is 0 Å². The number of fused-ring (bicyclic) bond motifs is 1. The van der Waals surface area contributed by atoms with E-state index in [0.29, 0.717) is 5.16 Å². The molecule has 0 unspecified atom stereocenters. The number of carbonyl (C=O) groups is 1. The maximum absolute atomic E-state index is 13.1. The van der Waals surface area contributed by atoms with E-state index >= 15 is 0 Å². The Balaban J connectivity index is 1.64. The molecule has 26 heavy (non-hydrogen) atoms. The zero-order valence-corrected chi connectivity index (χ0v) is 15.5. The van der Waals surface area contributed by atoms with Crippen LogP contribution < -0.4 is 10.7 Å². The zero-order valence-electron chi connectivity index (χ0n) is 13.9. The van der Waals surface area contributed by atoms with E-state index < -0.39 is 0 Å². The predicted octanol–water partition coefficient (Wildman–Crippen LogP) is 2.96. The van der Waals surface area contributed by atoms with Crippen LogP contribution in [0.1, 0.15) is 11.6 Å². The highest BCUT2D eigenvalue weighted by Crippen LogP contribution is 2.43. The van der Waals surface area contributed by atoms with Crippen molar-refractivity contribution in [3.8, 4) is 0 Å². The number of para-hydroxylation sites is 1.